The van der Waals surface area contributed by atoms with E-state index in [0.29, 0.717) is 6.42 Å². The van der Waals surface area contributed by atoms with Crippen LogP contribution in [0.3, 0.4) is 0 Å². The summed E-state index contributed by atoms with van der Waals surface area (Å²) in [6.07, 6.45) is 4.21. The summed E-state index contributed by atoms with van der Waals surface area (Å²) in [4.78, 5) is 21.8. The molecular weight excluding hydrogens is 408 g/mol. The van der Waals surface area contributed by atoms with Crippen molar-refractivity contribution in [1.82, 2.24) is 9.88 Å². The third-order valence-corrected chi connectivity index (χ3v) is 6.48. The Morgan fingerprint density at radius 3 is 2.48 bits per heavy atom. The van der Waals surface area contributed by atoms with Crippen molar-refractivity contribution in [2.24, 2.45) is 0 Å². The highest BCUT2D eigenvalue weighted by Gasteiger charge is 2.18. The molecule has 0 unspecified atom stereocenters. The average molecular weight is 439 g/mol. The van der Waals surface area contributed by atoms with Crippen LogP contribution in [-0.2, 0) is 4.79 Å². The summed E-state index contributed by atoms with van der Waals surface area (Å²) < 4.78 is 0. The largest absolute Gasteiger partial charge is 0.368 e. The van der Waals surface area contributed by atoms with Gasteiger partial charge in [0.05, 0.1) is 17.4 Å². The molecule has 1 aliphatic heterocycles. The Bertz CT molecular complexity index is 1240. The van der Waals surface area contributed by atoms with Crippen molar-refractivity contribution in [3.63, 3.8) is 0 Å². The Labute approximate surface area is 195 Å². The molecule has 0 aliphatic carbocycles. The Morgan fingerprint density at radius 1 is 0.848 bits per heavy atom. The molecule has 1 saturated heterocycles. The maximum absolute atomic E-state index is 12.3. The van der Waals surface area contributed by atoms with Crippen molar-refractivity contribution in [3.8, 4) is 0 Å². The van der Waals surface area contributed by atoms with Gasteiger partial charge in [0.25, 0.3) is 0 Å². The lowest BCUT2D eigenvalue weighted by atomic mass is 10.1. The quantitative estimate of drug-likeness (QED) is 0.397. The molecule has 0 spiro atoms. The van der Waals surface area contributed by atoms with Gasteiger partial charge in [-0.3, -0.25) is 14.7 Å². The van der Waals surface area contributed by atoms with Crippen LogP contribution in [0.5, 0.6) is 0 Å². The van der Waals surface area contributed by atoms with Gasteiger partial charge in [0.2, 0.25) is 5.91 Å². The number of fused-ring (bicyclic) bond motifs is 2. The van der Waals surface area contributed by atoms with Gasteiger partial charge in [-0.25, -0.2) is 0 Å². The van der Waals surface area contributed by atoms with Crippen LogP contribution in [0, 0.1) is 0 Å². The van der Waals surface area contributed by atoms with Crippen LogP contribution in [0.4, 0.5) is 11.4 Å². The summed E-state index contributed by atoms with van der Waals surface area (Å²) in [7, 11) is 0. The molecule has 5 nitrogen and oxygen atoms in total. The second-order valence-electron chi connectivity index (χ2n) is 8.75. The number of piperazine rings is 1. The molecule has 2 heterocycles. The number of benzene rings is 3. The number of rotatable bonds is 7. The Morgan fingerprint density at radius 2 is 1.61 bits per heavy atom. The number of anilines is 2. The zero-order valence-corrected chi connectivity index (χ0v) is 18.9. The van der Waals surface area contributed by atoms with Crippen molar-refractivity contribution >= 4 is 39.0 Å². The summed E-state index contributed by atoms with van der Waals surface area (Å²) in [5, 5.41) is 6.66. The Hall–Kier alpha value is -3.44. The van der Waals surface area contributed by atoms with Crippen molar-refractivity contribution < 1.29 is 4.79 Å². The number of amides is 1. The summed E-state index contributed by atoms with van der Waals surface area (Å²) in [6, 6.07) is 25.1. The lowest BCUT2D eigenvalue weighted by Gasteiger charge is -2.36. The number of unbranched alkanes of at least 4 members (excludes halogenated alkanes) is 1. The van der Waals surface area contributed by atoms with Crippen LogP contribution in [0.2, 0.25) is 0 Å². The normalized spacial score (nSPS) is 14.6. The van der Waals surface area contributed by atoms with E-state index in [1.807, 2.05) is 30.3 Å². The van der Waals surface area contributed by atoms with Crippen molar-refractivity contribution in [3.05, 3.63) is 79.0 Å². The molecule has 5 rings (SSSR count). The van der Waals surface area contributed by atoms with E-state index in [1.165, 1.54) is 16.5 Å². The lowest BCUT2D eigenvalue weighted by Crippen LogP contribution is -2.46. The van der Waals surface area contributed by atoms with E-state index >= 15 is 0 Å². The smallest absolute Gasteiger partial charge is 0.224 e. The van der Waals surface area contributed by atoms with E-state index in [2.05, 4.69) is 62.6 Å². The first-order chi connectivity index (χ1) is 16.3. The lowest BCUT2D eigenvalue weighted by molar-refractivity contribution is -0.116. The predicted octanol–water partition coefficient (Wildman–Crippen LogP) is 5.32. The number of hydrogen-bond donors (Lipinski definition) is 1. The third-order valence-electron chi connectivity index (χ3n) is 6.48. The summed E-state index contributed by atoms with van der Waals surface area (Å²) in [6.45, 7) is 5.28. The fourth-order valence-corrected chi connectivity index (χ4v) is 4.68. The number of para-hydroxylation sites is 1. The monoisotopic (exact) mass is 438 g/mol. The average Bonchev–Trinajstić information content (AvgIpc) is 2.87. The van der Waals surface area contributed by atoms with E-state index in [4.69, 9.17) is 0 Å². The number of nitrogens with zero attached hydrogens (tertiary/aromatic N) is 3. The molecule has 1 amide bonds. The van der Waals surface area contributed by atoms with Gasteiger partial charge in [-0.05, 0) is 43.0 Å². The second-order valence-corrected chi connectivity index (χ2v) is 8.75. The minimum Gasteiger partial charge on any atom is -0.368 e. The van der Waals surface area contributed by atoms with Crippen molar-refractivity contribution in [2.45, 2.75) is 19.3 Å². The minimum atomic E-state index is 0.0628. The fourth-order valence-electron chi connectivity index (χ4n) is 4.68. The highest BCUT2D eigenvalue weighted by molar-refractivity contribution is 5.94. The van der Waals surface area contributed by atoms with Gasteiger partial charge in [0.15, 0.2) is 0 Å². The number of hydrogen-bond acceptors (Lipinski definition) is 4. The van der Waals surface area contributed by atoms with Gasteiger partial charge in [-0.2, -0.15) is 0 Å². The zero-order valence-electron chi connectivity index (χ0n) is 18.9. The van der Waals surface area contributed by atoms with Crippen LogP contribution in [-0.4, -0.2) is 48.5 Å². The fraction of sp³-hybridized carbons (Fsp3) is 0.286. The summed E-state index contributed by atoms with van der Waals surface area (Å²) in [5.74, 6) is 0.0628. The highest BCUT2D eigenvalue weighted by atomic mass is 16.1. The molecule has 1 fully saturated rings. The summed E-state index contributed by atoms with van der Waals surface area (Å²) in [5.41, 5.74) is 3.05. The van der Waals surface area contributed by atoms with Crippen LogP contribution < -0.4 is 10.2 Å². The van der Waals surface area contributed by atoms with Crippen molar-refractivity contribution in [2.75, 3.05) is 42.9 Å². The number of aromatic nitrogens is 1. The van der Waals surface area contributed by atoms with E-state index in [-0.39, 0.29) is 5.91 Å². The summed E-state index contributed by atoms with van der Waals surface area (Å²) >= 11 is 0. The molecule has 1 N–H and O–H groups in total. The molecule has 0 saturated carbocycles. The molecule has 33 heavy (non-hydrogen) atoms. The first-order valence-corrected chi connectivity index (χ1v) is 11.9. The molecule has 4 aromatic rings. The van der Waals surface area contributed by atoms with E-state index < -0.39 is 0 Å². The zero-order chi connectivity index (χ0) is 22.5. The van der Waals surface area contributed by atoms with Crippen molar-refractivity contribution in [1.29, 1.82) is 0 Å². The first-order valence-electron chi connectivity index (χ1n) is 11.9. The van der Waals surface area contributed by atoms with Gasteiger partial charge < -0.3 is 10.2 Å². The highest BCUT2D eigenvalue weighted by Crippen LogP contribution is 2.27. The van der Waals surface area contributed by atoms with Gasteiger partial charge in [-0.1, -0.05) is 54.6 Å². The van der Waals surface area contributed by atoms with Crippen LogP contribution >= 0.6 is 0 Å². The standard InChI is InChI=1S/C28H30N4O/c33-28(30-24-20-23-9-2-4-12-26(23)29-21-24)14-5-6-15-31-16-18-32(19-17-31)27-13-7-10-22-8-1-3-11-25(22)27/h1-4,7-13,20-21H,5-6,14-19H2,(H,30,33). The second kappa shape index (κ2) is 10.0. The molecule has 0 atom stereocenters. The molecule has 3 aromatic carbocycles. The van der Waals surface area contributed by atoms with Crippen LogP contribution in [0.25, 0.3) is 21.7 Å². The number of carbonyl (C=O) groups is 1. The number of nitrogens with one attached hydrogen (secondary N) is 1. The SMILES string of the molecule is O=C(CCCCN1CCN(c2cccc3ccccc23)CC1)Nc1cnc2ccccc2c1. The minimum absolute atomic E-state index is 0.0628. The molecule has 0 radical (unpaired) electrons. The molecule has 1 aliphatic rings. The molecule has 1 aromatic heterocycles. The van der Waals surface area contributed by atoms with Gasteiger partial charge in [0, 0.05) is 49.1 Å². The molecule has 5 heteroatoms. The predicted molar refractivity (Wildman–Crippen MR) is 137 cm³/mol. The third kappa shape index (κ3) is 5.15. The Kier molecular flexibility index (Phi) is 6.49. The maximum Gasteiger partial charge on any atom is 0.224 e. The van der Waals surface area contributed by atoms with E-state index in [9.17, 15) is 4.79 Å². The number of carbonyl (C=O) groups excluding carboxylic acids is 1. The van der Waals surface area contributed by atoms with E-state index in [1.54, 1.807) is 6.20 Å². The first kappa shape index (κ1) is 21.4. The van der Waals surface area contributed by atoms with Gasteiger partial charge >= 0.3 is 0 Å². The van der Waals surface area contributed by atoms with Crippen LogP contribution in [0.15, 0.2) is 79.0 Å². The maximum atomic E-state index is 12.3. The van der Waals surface area contributed by atoms with Gasteiger partial charge in [-0.15, -0.1) is 0 Å². The van der Waals surface area contributed by atoms with Gasteiger partial charge in [0.1, 0.15) is 0 Å². The molecule has 0 bridgehead atoms. The van der Waals surface area contributed by atoms with E-state index in [0.717, 1.165) is 62.2 Å². The Balaban J connectivity index is 1.05. The van der Waals surface area contributed by atoms with Crippen LogP contribution in [0.1, 0.15) is 19.3 Å². The molecule has 168 valence electrons. The number of pyridine rings is 1. The molecular formula is C28H30N4O. The topological polar surface area (TPSA) is 48.5 Å².